The van der Waals surface area contributed by atoms with E-state index in [0.29, 0.717) is 0 Å². The van der Waals surface area contributed by atoms with E-state index in [1.807, 2.05) is 0 Å². The largest absolute Gasteiger partial charge is 0.392 e. The number of halogens is 3. The summed E-state index contributed by atoms with van der Waals surface area (Å²) in [6.45, 7) is 4.70. The molecule has 2 N–H and O–H groups in total. The number of rotatable bonds is 4. The molecule has 0 rings (SSSR count). The summed E-state index contributed by atoms with van der Waals surface area (Å²) in [6, 6.07) is 0. The van der Waals surface area contributed by atoms with Crippen molar-refractivity contribution in [2.45, 2.75) is 45.0 Å². The third kappa shape index (κ3) is 5.87. The van der Waals surface area contributed by atoms with Crippen LogP contribution in [0.15, 0.2) is 0 Å². The first-order chi connectivity index (χ1) is 5.65. The molecule has 0 aliphatic carbocycles. The molecule has 0 heterocycles. The van der Waals surface area contributed by atoms with Gasteiger partial charge in [-0.1, -0.05) is 0 Å². The smallest absolute Gasteiger partial charge is 0.390 e. The second-order valence-corrected chi connectivity index (χ2v) is 3.69. The zero-order valence-corrected chi connectivity index (χ0v) is 8.07. The minimum atomic E-state index is -4.14. The summed E-state index contributed by atoms with van der Waals surface area (Å²) in [7, 11) is 0. The summed E-state index contributed by atoms with van der Waals surface area (Å²) in [4.78, 5) is 0. The Balaban J connectivity index is 3.77. The molecule has 1 atom stereocenters. The predicted octanol–water partition coefficient (Wildman–Crippen LogP) is 1.69. The highest BCUT2D eigenvalue weighted by Crippen LogP contribution is 2.19. The van der Waals surface area contributed by atoms with Crippen LogP contribution in [-0.4, -0.2) is 29.5 Å². The van der Waals surface area contributed by atoms with Crippen LogP contribution in [0.5, 0.6) is 0 Å². The maximum absolute atomic E-state index is 11.7. The highest BCUT2D eigenvalue weighted by molar-refractivity contribution is 4.82. The molecule has 0 aliphatic heterocycles. The van der Waals surface area contributed by atoms with Crippen LogP contribution in [-0.2, 0) is 0 Å². The maximum atomic E-state index is 11.7. The Kier molecular flexibility index (Phi) is 4.19. The molecule has 0 amide bonds. The molecule has 0 aromatic carbocycles. The lowest BCUT2D eigenvalue weighted by Crippen LogP contribution is -2.49. The summed E-state index contributed by atoms with van der Waals surface area (Å²) in [5.41, 5.74) is -0.675. The lowest BCUT2D eigenvalue weighted by Gasteiger charge is -2.29. The summed E-state index contributed by atoms with van der Waals surface area (Å²) in [5.74, 6) is 0. The topological polar surface area (TPSA) is 32.3 Å². The maximum Gasteiger partial charge on any atom is 0.390 e. The van der Waals surface area contributed by atoms with Gasteiger partial charge in [-0.3, -0.25) is 0 Å². The number of hydrogen-bond donors (Lipinski definition) is 2. The molecule has 0 aliphatic rings. The molecule has 0 fully saturated rings. The molecule has 80 valence electrons. The van der Waals surface area contributed by atoms with E-state index in [9.17, 15) is 13.2 Å². The summed E-state index contributed by atoms with van der Waals surface area (Å²) in [6.07, 6.45) is -5.69. The highest BCUT2D eigenvalue weighted by atomic mass is 19.4. The van der Waals surface area contributed by atoms with Gasteiger partial charge >= 0.3 is 6.18 Å². The van der Waals surface area contributed by atoms with Gasteiger partial charge in [0.1, 0.15) is 0 Å². The van der Waals surface area contributed by atoms with Crippen molar-refractivity contribution in [3.8, 4) is 0 Å². The molecule has 0 bridgehead atoms. The van der Waals surface area contributed by atoms with E-state index < -0.39 is 24.2 Å². The van der Waals surface area contributed by atoms with E-state index in [2.05, 4.69) is 5.32 Å². The fourth-order valence-electron chi connectivity index (χ4n) is 0.674. The number of aliphatic hydroxyl groups is 1. The van der Waals surface area contributed by atoms with Crippen molar-refractivity contribution < 1.29 is 18.3 Å². The average Bonchev–Trinajstić information content (AvgIpc) is 1.82. The van der Waals surface area contributed by atoms with Crippen molar-refractivity contribution in [2.24, 2.45) is 0 Å². The Labute approximate surface area is 76.1 Å². The Hall–Kier alpha value is -0.290. The first-order valence-electron chi connectivity index (χ1n) is 4.15. The molecule has 0 spiro atoms. The molecular formula is C8H16F3NO. The van der Waals surface area contributed by atoms with Crippen LogP contribution in [0.25, 0.3) is 0 Å². The van der Waals surface area contributed by atoms with Crippen molar-refractivity contribution in [2.75, 3.05) is 6.54 Å². The second kappa shape index (κ2) is 4.28. The number of nitrogens with one attached hydrogen (secondary N) is 1. The molecule has 0 radical (unpaired) electrons. The van der Waals surface area contributed by atoms with Gasteiger partial charge in [0, 0.05) is 12.1 Å². The van der Waals surface area contributed by atoms with E-state index in [1.54, 1.807) is 20.8 Å². The van der Waals surface area contributed by atoms with Crippen LogP contribution < -0.4 is 5.32 Å². The fraction of sp³-hybridized carbons (Fsp3) is 1.00. The first-order valence-corrected chi connectivity index (χ1v) is 4.15. The van der Waals surface area contributed by atoms with E-state index in [4.69, 9.17) is 5.11 Å². The van der Waals surface area contributed by atoms with Gasteiger partial charge in [0.15, 0.2) is 0 Å². The highest BCUT2D eigenvalue weighted by Gasteiger charge is 2.29. The molecule has 1 unspecified atom stereocenters. The van der Waals surface area contributed by atoms with Gasteiger partial charge in [-0.25, -0.2) is 0 Å². The third-order valence-corrected chi connectivity index (χ3v) is 2.03. The number of alkyl halides is 3. The van der Waals surface area contributed by atoms with E-state index in [0.717, 1.165) is 0 Å². The van der Waals surface area contributed by atoms with Crippen LogP contribution >= 0.6 is 0 Å². The molecule has 0 saturated carbocycles. The van der Waals surface area contributed by atoms with Crippen LogP contribution in [0.3, 0.4) is 0 Å². The SMILES string of the molecule is CC(O)C(C)(C)NCCC(F)(F)F. The van der Waals surface area contributed by atoms with Gasteiger partial charge in [-0.2, -0.15) is 13.2 Å². The van der Waals surface area contributed by atoms with E-state index in [-0.39, 0.29) is 6.54 Å². The summed E-state index contributed by atoms with van der Waals surface area (Å²) < 4.78 is 35.2. The summed E-state index contributed by atoms with van der Waals surface area (Å²) >= 11 is 0. The van der Waals surface area contributed by atoms with Crippen molar-refractivity contribution in [1.29, 1.82) is 0 Å². The zero-order valence-electron chi connectivity index (χ0n) is 8.07. The quantitative estimate of drug-likeness (QED) is 0.722. The van der Waals surface area contributed by atoms with E-state index >= 15 is 0 Å². The second-order valence-electron chi connectivity index (χ2n) is 3.69. The Morgan fingerprint density at radius 1 is 1.31 bits per heavy atom. The van der Waals surface area contributed by atoms with Crippen molar-refractivity contribution in [3.63, 3.8) is 0 Å². The number of hydrogen-bond acceptors (Lipinski definition) is 2. The van der Waals surface area contributed by atoms with Crippen molar-refractivity contribution >= 4 is 0 Å². The Morgan fingerprint density at radius 3 is 2.08 bits per heavy atom. The Morgan fingerprint density at radius 2 is 1.77 bits per heavy atom. The Bertz CT molecular complexity index is 154. The van der Waals surface area contributed by atoms with Gasteiger partial charge in [0.05, 0.1) is 12.5 Å². The standard InChI is InChI=1S/C8H16F3NO/c1-6(13)7(2,3)12-5-4-8(9,10)11/h6,12-13H,4-5H2,1-3H3. The normalized spacial score (nSPS) is 15.9. The molecule has 2 nitrogen and oxygen atoms in total. The van der Waals surface area contributed by atoms with Gasteiger partial charge in [0.25, 0.3) is 0 Å². The van der Waals surface area contributed by atoms with Gasteiger partial charge < -0.3 is 10.4 Å². The lowest BCUT2D eigenvalue weighted by atomic mass is 9.99. The monoisotopic (exact) mass is 199 g/mol. The molecule has 0 aromatic rings. The molecular weight excluding hydrogens is 183 g/mol. The van der Waals surface area contributed by atoms with Crippen LogP contribution in [0.2, 0.25) is 0 Å². The number of aliphatic hydroxyl groups excluding tert-OH is 1. The predicted molar refractivity (Wildman–Crippen MR) is 44.4 cm³/mol. The van der Waals surface area contributed by atoms with Crippen molar-refractivity contribution in [1.82, 2.24) is 5.32 Å². The van der Waals surface area contributed by atoms with Gasteiger partial charge in [0.2, 0.25) is 0 Å². The minimum Gasteiger partial charge on any atom is -0.392 e. The minimum absolute atomic E-state index is 0.165. The average molecular weight is 199 g/mol. The fourth-order valence-corrected chi connectivity index (χ4v) is 0.674. The first kappa shape index (κ1) is 12.7. The van der Waals surface area contributed by atoms with Crippen LogP contribution in [0.4, 0.5) is 13.2 Å². The molecule has 5 heteroatoms. The molecule has 0 aromatic heterocycles. The van der Waals surface area contributed by atoms with Gasteiger partial charge in [-0.05, 0) is 20.8 Å². The van der Waals surface area contributed by atoms with Crippen LogP contribution in [0.1, 0.15) is 27.2 Å². The molecule has 0 saturated heterocycles. The lowest BCUT2D eigenvalue weighted by molar-refractivity contribution is -0.134. The van der Waals surface area contributed by atoms with E-state index in [1.165, 1.54) is 0 Å². The van der Waals surface area contributed by atoms with Crippen LogP contribution in [0, 0.1) is 0 Å². The third-order valence-electron chi connectivity index (χ3n) is 2.03. The van der Waals surface area contributed by atoms with Crippen molar-refractivity contribution in [3.05, 3.63) is 0 Å². The molecule has 13 heavy (non-hydrogen) atoms. The zero-order chi connectivity index (χ0) is 10.7. The summed E-state index contributed by atoms with van der Waals surface area (Å²) in [5, 5.41) is 11.8. The van der Waals surface area contributed by atoms with Gasteiger partial charge in [-0.15, -0.1) is 0 Å².